The minimum atomic E-state index is -3.83. The first-order valence-corrected chi connectivity index (χ1v) is 12.4. The summed E-state index contributed by atoms with van der Waals surface area (Å²) in [6.07, 6.45) is 0.881. The Hall–Kier alpha value is -0.653. The summed E-state index contributed by atoms with van der Waals surface area (Å²) in [5.74, 6) is 0. The Kier molecular flexibility index (Phi) is 6.11. The normalized spacial score (nSPS) is 14.6. The fourth-order valence-corrected chi connectivity index (χ4v) is 16.8. The van der Waals surface area contributed by atoms with Crippen LogP contribution in [0.3, 0.4) is 0 Å². The maximum absolute atomic E-state index is 13.2. The van der Waals surface area contributed by atoms with E-state index in [0.29, 0.717) is 0 Å². The average Bonchev–Trinajstić information content (AvgIpc) is 2.41. The highest BCUT2D eigenvalue weighted by Gasteiger charge is 2.64. The Balaban J connectivity index is 3.57. The van der Waals surface area contributed by atoms with Gasteiger partial charge in [0.1, 0.15) is 0 Å². The third-order valence-electron chi connectivity index (χ3n) is 5.02. The largest absolute Gasteiger partial charge is 0.309 e. The molecule has 0 radical (unpaired) electrons. The molecule has 3 nitrogen and oxygen atoms in total. The van der Waals surface area contributed by atoms with E-state index in [4.69, 9.17) is 3.87 Å². The second-order valence-electron chi connectivity index (χ2n) is 9.97. The van der Waals surface area contributed by atoms with E-state index in [2.05, 4.69) is 69.2 Å². The number of hydrogen-bond acceptors (Lipinski definition) is 3. The van der Waals surface area contributed by atoms with Gasteiger partial charge in [0.05, 0.1) is 4.90 Å². The predicted molar refractivity (Wildman–Crippen MR) is 109 cm³/mol. The van der Waals surface area contributed by atoms with Crippen LogP contribution < -0.4 is 0 Å². The summed E-state index contributed by atoms with van der Waals surface area (Å²) >= 11 is 0. The zero-order chi connectivity index (χ0) is 19.9. The molecule has 1 aromatic carbocycles. The molecule has 0 fully saturated rings. The van der Waals surface area contributed by atoms with E-state index < -0.39 is 18.4 Å². The molecule has 0 heterocycles. The van der Waals surface area contributed by atoms with Crippen LogP contribution in [0, 0.1) is 0 Å². The van der Waals surface area contributed by atoms with Crippen LogP contribution in [-0.4, -0.2) is 16.7 Å². The lowest BCUT2D eigenvalue weighted by Gasteiger charge is -2.56. The molecule has 0 bridgehead atoms. The molecule has 0 saturated heterocycles. The van der Waals surface area contributed by atoms with Crippen molar-refractivity contribution in [1.29, 1.82) is 0 Å². The van der Waals surface area contributed by atoms with Gasteiger partial charge in [-0.1, -0.05) is 81.4 Å². The molecule has 0 aliphatic heterocycles. The molecular weight excluding hydrogens is 348 g/mol. The van der Waals surface area contributed by atoms with Crippen LogP contribution in [0.2, 0.25) is 15.1 Å². The molecule has 0 saturated carbocycles. The fraction of sp³-hybridized carbons (Fsp3) is 0.700. The topological polar surface area (TPSA) is 43.4 Å². The van der Waals surface area contributed by atoms with E-state index >= 15 is 0 Å². The van der Waals surface area contributed by atoms with Gasteiger partial charge < -0.3 is 3.87 Å². The quantitative estimate of drug-likeness (QED) is 0.572. The van der Waals surface area contributed by atoms with E-state index in [1.165, 1.54) is 0 Å². The lowest BCUT2D eigenvalue weighted by Crippen LogP contribution is -2.61. The highest BCUT2D eigenvalue weighted by molar-refractivity contribution is 7.88. The van der Waals surface area contributed by atoms with Crippen molar-refractivity contribution >= 4 is 18.4 Å². The highest BCUT2D eigenvalue weighted by atomic mass is 32.2. The molecule has 0 amide bonds. The van der Waals surface area contributed by atoms with Gasteiger partial charge in [-0.3, -0.25) is 0 Å². The zero-order valence-corrected chi connectivity index (χ0v) is 19.5. The van der Waals surface area contributed by atoms with Gasteiger partial charge >= 0.3 is 0 Å². The summed E-state index contributed by atoms with van der Waals surface area (Å²) in [7, 11) is -6.66. The SMILES string of the molecule is CCc1ccc(S(=O)(=O)O[Si](C(C)(C)C)(C(C)(C)C)C(C)(C)C)cc1. The third-order valence-corrected chi connectivity index (χ3v) is 14.1. The van der Waals surface area contributed by atoms with Crippen LogP contribution in [0.15, 0.2) is 29.2 Å². The predicted octanol–water partition coefficient (Wildman–Crippen LogP) is 6.30. The van der Waals surface area contributed by atoms with Crippen LogP contribution in [0.25, 0.3) is 0 Å². The van der Waals surface area contributed by atoms with E-state index in [0.717, 1.165) is 12.0 Å². The van der Waals surface area contributed by atoms with E-state index in [1.807, 2.05) is 12.1 Å². The minimum absolute atomic E-state index is 0.249. The third kappa shape index (κ3) is 4.20. The minimum Gasteiger partial charge on any atom is -0.309 e. The molecule has 1 rings (SSSR count). The van der Waals surface area contributed by atoms with Gasteiger partial charge in [-0.25, -0.2) is 0 Å². The maximum Gasteiger partial charge on any atom is 0.287 e. The number of rotatable bonds is 4. The van der Waals surface area contributed by atoms with Crippen molar-refractivity contribution in [3.63, 3.8) is 0 Å². The van der Waals surface area contributed by atoms with Crippen LogP contribution in [0.5, 0.6) is 0 Å². The standard InChI is InChI=1S/C20H36O3SSi/c1-11-16-12-14-17(15-13-16)24(21,22)23-25(18(2,3)4,19(5,6)7)20(8,9)10/h12-15H,11H2,1-10H3. The molecule has 0 spiro atoms. The lowest BCUT2D eigenvalue weighted by molar-refractivity contribution is 0.368. The second kappa shape index (κ2) is 6.82. The molecule has 0 N–H and O–H groups in total. The molecular formula is C20H36O3SSi. The van der Waals surface area contributed by atoms with E-state index in [9.17, 15) is 8.42 Å². The van der Waals surface area contributed by atoms with Crippen molar-refractivity contribution in [2.24, 2.45) is 0 Å². The van der Waals surface area contributed by atoms with Crippen molar-refractivity contribution in [3.8, 4) is 0 Å². The van der Waals surface area contributed by atoms with Crippen molar-refractivity contribution < 1.29 is 12.3 Å². The van der Waals surface area contributed by atoms with Crippen molar-refractivity contribution in [3.05, 3.63) is 29.8 Å². The zero-order valence-electron chi connectivity index (χ0n) is 17.6. The Morgan fingerprint density at radius 2 is 1.16 bits per heavy atom. The van der Waals surface area contributed by atoms with Crippen LogP contribution in [-0.2, 0) is 20.4 Å². The molecule has 5 heteroatoms. The Morgan fingerprint density at radius 3 is 1.44 bits per heavy atom. The average molecular weight is 385 g/mol. The highest BCUT2D eigenvalue weighted by Crippen LogP contribution is 2.63. The van der Waals surface area contributed by atoms with Gasteiger partial charge in [-0.2, -0.15) is 8.42 Å². The summed E-state index contributed by atoms with van der Waals surface area (Å²) in [5, 5.41) is -0.750. The number of benzene rings is 1. The summed E-state index contributed by atoms with van der Waals surface area (Å²) in [4.78, 5) is 0.249. The van der Waals surface area contributed by atoms with Gasteiger partial charge in [0.15, 0.2) is 0 Å². The first-order valence-electron chi connectivity index (χ1n) is 9.04. The van der Waals surface area contributed by atoms with Crippen LogP contribution in [0.1, 0.15) is 74.8 Å². The summed E-state index contributed by atoms with van der Waals surface area (Å²) in [5.41, 5.74) is 1.12. The molecule has 1 aromatic rings. The van der Waals surface area contributed by atoms with Crippen LogP contribution in [0.4, 0.5) is 0 Å². The van der Waals surface area contributed by atoms with Gasteiger partial charge in [0.2, 0.25) is 8.32 Å². The van der Waals surface area contributed by atoms with Gasteiger partial charge in [0, 0.05) is 0 Å². The van der Waals surface area contributed by atoms with Crippen molar-refractivity contribution in [2.75, 3.05) is 0 Å². The second-order valence-corrected chi connectivity index (χ2v) is 17.9. The van der Waals surface area contributed by atoms with Crippen LogP contribution >= 0.6 is 0 Å². The van der Waals surface area contributed by atoms with E-state index in [1.54, 1.807) is 12.1 Å². The number of hydrogen-bond donors (Lipinski definition) is 0. The summed E-state index contributed by atoms with van der Waals surface area (Å²) < 4.78 is 32.7. The molecule has 0 aromatic heterocycles. The molecule has 144 valence electrons. The Labute approximate surface area is 156 Å². The first-order chi connectivity index (χ1) is 11.0. The monoisotopic (exact) mass is 384 g/mol. The Morgan fingerprint density at radius 1 is 0.800 bits per heavy atom. The molecule has 0 aliphatic carbocycles. The van der Waals surface area contributed by atoms with Gasteiger partial charge in [-0.15, -0.1) is 0 Å². The molecule has 25 heavy (non-hydrogen) atoms. The smallest absolute Gasteiger partial charge is 0.287 e. The van der Waals surface area contributed by atoms with E-state index in [-0.39, 0.29) is 20.0 Å². The molecule has 0 unspecified atom stereocenters. The molecule has 0 aliphatic rings. The maximum atomic E-state index is 13.2. The lowest BCUT2D eigenvalue weighted by atomic mass is 10.2. The van der Waals surface area contributed by atoms with Crippen molar-refractivity contribution in [1.82, 2.24) is 0 Å². The fourth-order valence-electron chi connectivity index (χ4n) is 4.85. The molecule has 0 atom stereocenters. The van der Waals surface area contributed by atoms with Gasteiger partial charge in [0.25, 0.3) is 10.1 Å². The first kappa shape index (κ1) is 22.4. The summed E-state index contributed by atoms with van der Waals surface area (Å²) in [6.45, 7) is 21.1. The summed E-state index contributed by atoms with van der Waals surface area (Å²) in [6, 6.07) is 7.07. The Bertz CT molecular complexity index is 648. The van der Waals surface area contributed by atoms with Crippen molar-refractivity contribution in [2.45, 2.75) is 95.7 Å². The van der Waals surface area contributed by atoms with Gasteiger partial charge in [-0.05, 0) is 39.2 Å². The number of aryl methyl sites for hydroxylation is 1.